The van der Waals surface area contributed by atoms with Crippen molar-refractivity contribution in [3.05, 3.63) is 29.8 Å². The highest BCUT2D eigenvalue weighted by atomic mass is 32.2. The molecule has 25 heavy (non-hydrogen) atoms. The maximum atomic E-state index is 12.5. The van der Waals surface area contributed by atoms with Crippen LogP contribution in [-0.2, 0) is 16.4 Å². The lowest BCUT2D eigenvalue weighted by atomic mass is 9.84. The summed E-state index contributed by atoms with van der Waals surface area (Å²) >= 11 is 0. The van der Waals surface area contributed by atoms with Crippen molar-refractivity contribution in [2.45, 2.75) is 36.7 Å². The molecule has 1 N–H and O–H groups in total. The first-order valence-electron chi connectivity index (χ1n) is 8.87. The first-order valence-corrected chi connectivity index (χ1v) is 10.8. The molecular weight excluding hydrogens is 338 g/mol. The van der Waals surface area contributed by atoms with Gasteiger partial charge in [-0.2, -0.15) is 0 Å². The van der Waals surface area contributed by atoms with Crippen LogP contribution in [0.2, 0.25) is 0 Å². The second-order valence-electron chi connectivity index (χ2n) is 7.22. The molecule has 0 spiro atoms. The van der Waals surface area contributed by atoms with E-state index in [1.54, 1.807) is 24.3 Å². The van der Waals surface area contributed by atoms with Gasteiger partial charge in [0.15, 0.2) is 9.84 Å². The number of rotatable bonds is 3. The average Bonchev–Trinajstić information content (AvgIpc) is 2.59. The van der Waals surface area contributed by atoms with Crippen LogP contribution in [0.1, 0.15) is 24.8 Å². The van der Waals surface area contributed by atoms with Crippen LogP contribution in [0.3, 0.4) is 0 Å². The Morgan fingerprint density at radius 2 is 2.00 bits per heavy atom. The molecule has 0 aliphatic carbocycles. The van der Waals surface area contributed by atoms with Gasteiger partial charge in [-0.15, -0.1) is 0 Å². The molecule has 0 bridgehead atoms. The van der Waals surface area contributed by atoms with Crippen LogP contribution in [0, 0.1) is 5.92 Å². The van der Waals surface area contributed by atoms with Gasteiger partial charge in [0.05, 0.1) is 4.90 Å². The largest absolute Gasteiger partial charge is 0.334 e. The van der Waals surface area contributed by atoms with E-state index in [1.165, 1.54) is 19.1 Å². The molecule has 6 nitrogen and oxygen atoms in total. The van der Waals surface area contributed by atoms with Crippen LogP contribution in [0.4, 0.5) is 4.79 Å². The van der Waals surface area contributed by atoms with Gasteiger partial charge in [0, 0.05) is 31.9 Å². The molecule has 1 aromatic rings. The lowest BCUT2D eigenvalue weighted by molar-refractivity contribution is 0.0515. The number of nitrogens with one attached hydrogen (secondary N) is 1. The maximum Gasteiger partial charge on any atom is 0.317 e. The fourth-order valence-electron chi connectivity index (χ4n) is 4.13. The lowest BCUT2D eigenvalue weighted by Crippen LogP contribution is -2.55. The molecule has 2 atom stereocenters. The number of piperidine rings is 2. The van der Waals surface area contributed by atoms with E-state index in [9.17, 15) is 13.2 Å². The quantitative estimate of drug-likeness (QED) is 0.885. The minimum atomic E-state index is -3.30. The van der Waals surface area contributed by atoms with Gasteiger partial charge in [0.2, 0.25) is 0 Å². The fraction of sp³-hybridized carbons (Fsp3) is 0.611. The summed E-state index contributed by atoms with van der Waals surface area (Å²) in [6.45, 7) is 2.92. The van der Waals surface area contributed by atoms with Crippen LogP contribution in [0.25, 0.3) is 0 Å². The third kappa shape index (κ3) is 4.15. The van der Waals surface area contributed by atoms with Crippen molar-refractivity contribution in [1.82, 2.24) is 15.1 Å². The molecule has 0 aromatic heterocycles. The molecule has 2 amide bonds. The number of nitrogens with zero attached hydrogens (tertiary/aromatic N) is 2. The Balaban J connectivity index is 1.61. The van der Waals surface area contributed by atoms with Crippen LogP contribution >= 0.6 is 0 Å². The number of fused-ring (bicyclic) bond motifs is 1. The molecule has 2 unspecified atom stereocenters. The summed E-state index contributed by atoms with van der Waals surface area (Å²) in [6.07, 6.45) is 4.57. The Morgan fingerprint density at radius 1 is 1.24 bits per heavy atom. The third-order valence-corrected chi connectivity index (χ3v) is 6.63. The van der Waals surface area contributed by atoms with E-state index in [0.29, 0.717) is 17.5 Å². The summed E-state index contributed by atoms with van der Waals surface area (Å²) in [7, 11) is -1.12. The molecular formula is C18H27N3O3S. The van der Waals surface area contributed by atoms with Gasteiger partial charge in [0.1, 0.15) is 0 Å². The van der Waals surface area contributed by atoms with Crippen LogP contribution in [0.5, 0.6) is 0 Å². The number of likely N-dealkylation sites (tertiary alicyclic amines) is 2. The fourth-order valence-corrected chi connectivity index (χ4v) is 5.07. The second-order valence-corrected chi connectivity index (χ2v) is 9.21. The molecule has 2 aliphatic rings. The summed E-state index contributed by atoms with van der Waals surface area (Å²) in [5, 5.41) is 2.90. The zero-order valence-electron chi connectivity index (χ0n) is 14.9. The third-order valence-electron chi connectivity index (χ3n) is 5.44. The van der Waals surface area contributed by atoms with Crippen molar-refractivity contribution in [1.29, 1.82) is 0 Å². The van der Waals surface area contributed by atoms with Gasteiger partial charge in [0.25, 0.3) is 0 Å². The molecule has 2 heterocycles. The Labute approximate surface area is 150 Å². The van der Waals surface area contributed by atoms with Crippen molar-refractivity contribution in [2.75, 3.05) is 32.9 Å². The van der Waals surface area contributed by atoms with E-state index in [-0.39, 0.29) is 17.5 Å². The maximum absolute atomic E-state index is 12.5. The molecule has 138 valence electrons. The van der Waals surface area contributed by atoms with Gasteiger partial charge >= 0.3 is 6.03 Å². The number of benzene rings is 1. The molecule has 0 radical (unpaired) electrons. The average molecular weight is 365 g/mol. The minimum absolute atomic E-state index is 0.102. The molecule has 2 aliphatic heterocycles. The predicted molar refractivity (Wildman–Crippen MR) is 97.1 cm³/mol. The minimum Gasteiger partial charge on any atom is -0.334 e. The van der Waals surface area contributed by atoms with Gasteiger partial charge < -0.3 is 15.1 Å². The van der Waals surface area contributed by atoms with Gasteiger partial charge in [-0.05, 0) is 50.4 Å². The van der Waals surface area contributed by atoms with E-state index >= 15 is 0 Å². The van der Waals surface area contributed by atoms with E-state index in [1.807, 2.05) is 4.90 Å². The van der Waals surface area contributed by atoms with Crippen molar-refractivity contribution < 1.29 is 13.2 Å². The topological polar surface area (TPSA) is 69.7 Å². The zero-order chi connectivity index (χ0) is 18.0. The summed E-state index contributed by atoms with van der Waals surface area (Å²) in [5.41, 5.74) is 0.630. The molecule has 0 saturated carbocycles. The van der Waals surface area contributed by atoms with Gasteiger partial charge in [-0.25, -0.2) is 13.2 Å². The van der Waals surface area contributed by atoms with Crippen molar-refractivity contribution in [3.63, 3.8) is 0 Å². The zero-order valence-corrected chi connectivity index (χ0v) is 15.8. The highest BCUT2D eigenvalue weighted by Gasteiger charge is 2.35. The Bertz CT molecular complexity index is 735. The molecule has 2 fully saturated rings. The summed E-state index contributed by atoms with van der Waals surface area (Å²) in [6, 6.07) is 7.31. The van der Waals surface area contributed by atoms with Crippen LogP contribution in [-0.4, -0.2) is 63.2 Å². The first kappa shape index (κ1) is 18.2. The molecule has 2 saturated heterocycles. The molecule has 7 heteroatoms. The Kier molecular flexibility index (Phi) is 5.34. The van der Waals surface area contributed by atoms with Gasteiger partial charge in [-0.1, -0.05) is 18.2 Å². The van der Waals surface area contributed by atoms with Gasteiger partial charge in [-0.3, -0.25) is 0 Å². The summed E-state index contributed by atoms with van der Waals surface area (Å²) < 4.78 is 23.7. The van der Waals surface area contributed by atoms with Crippen molar-refractivity contribution >= 4 is 15.9 Å². The number of sulfone groups is 1. The number of carbonyl (C=O) groups excluding carboxylic acids is 1. The van der Waals surface area contributed by atoms with E-state index in [4.69, 9.17) is 0 Å². The van der Waals surface area contributed by atoms with Crippen molar-refractivity contribution in [3.8, 4) is 0 Å². The van der Waals surface area contributed by atoms with Crippen LogP contribution < -0.4 is 5.32 Å². The van der Waals surface area contributed by atoms with E-state index < -0.39 is 9.84 Å². The standard InChI is InChI=1S/C18H27N3O3S/c1-20-10-5-7-15-13-21(11-9-16(15)20)18(22)19-12-14-6-3-4-8-17(14)25(2,23)24/h3-4,6,8,15-16H,5,7,9-13H2,1-2H3,(H,19,22). The second kappa shape index (κ2) is 7.33. The van der Waals surface area contributed by atoms with Crippen LogP contribution in [0.15, 0.2) is 29.2 Å². The number of hydrogen-bond acceptors (Lipinski definition) is 4. The smallest absolute Gasteiger partial charge is 0.317 e. The highest BCUT2D eigenvalue weighted by Crippen LogP contribution is 2.29. The molecule has 3 rings (SSSR count). The number of carbonyl (C=O) groups is 1. The normalized spacial score (nSPS) is 24.6. The summed E-state index contributed by atoms with van der Waals surface area (Å²) in [5.74, 6) is 0.543. The SMILES string of the molecule is CN1CCCC2CN(C(=O)NCc3ccccc3S(C)(=O)=O)CCC21. The first-order chi connectivity index (χ1) is 11.9. The lowest BCUT2D eigenvalue weighted by Gasteiger charge is -2.45. The summed E-state index contributed by atoms with van der Waals surface area (Å²) in [4.78, 5) is 17.1. The monoisotopic (exact) mass is 365 g/mol. The number of hydrogen-bond donors (Lipinski definition) is 1. The van der Waals surface area contributed by atoms with Crippen molar-refractivity contribution in [2.24, 2.45) is 5.92 Å². The Hall–Kier alpha value is -1.60. The molecule has 1 aromatic carbocycles. The number of amides is 2. The van der Waals surface area contributed by atoms with E-state index in [0.717, 1.165) is 26.1 Å². The van der Waals surface area contributed by atoms with E-state index in [2.05, 4.69) is 17.3 Å². The highest BCUT2D eigenvalue weighted by molar-refractivity contribution is 7.90. The Morgan fingerprint density at radius 3 is 2.76 bits per heavy atom. The predicted octanol–water partition coefficient (Wildman–Crippen LogP) is 1.72. The number of urea groups is 1.